The Balaban J connectivity index is 1.58. The van der Waals surface area contributed by atoms with Gasteiger partial charge in [0.25, 0.3) is 0 Å². The molecule has 0 amide bonds. The van der Waals surface area contributed by atoms with E-state index in [1.54, 1.807) is 7.11 Å². The van der Waals surface area contributed by atoms with Gasteiger partial charge in [-0.1, -0.05) is 5.16 Å². The van der Waals surface area contributed by atoms with Gasteiger partial charge in [-0.05, 0) is 50.8 Å². The number of nitrogens with two attached hydrogens (primary N) is 1. The molecule has 0 saturated carbocycles. The lowest BCUT2D eigenvalue weighted by Crippen LogP contribution is -2.06. The van der Waals surface area contributed by atoms with E-state index in [-0.39, 0.29) is 5.95 Å². The SMILES string of the molecule is COc1cc2c(cc1-c1c(C)noc1C)[nH]c1nc(N)nc(Cc3c4c(nn3C)CCC4)c12. The van der Waals surface area contributed by atoms with E-state index < -0.39 is 0 Å². The topological polar surface area (TPSA) is 121 Å². The highest BCUT2D eigenvalue weighted by Gasteiger charge is 2.24. The molecule has 5 aromatic rings. The van der Waals surface area contributed by atoms with E-state index in [0.717, 1.165) is 69.6 Å². The minimum absolute atomic E-state index is 0.251. The number of H-pyrrole nitrogens is 1. The van der Waals surface area contributed by atoms with Crippen LogP contribution in [0.5, 0.6) is 5.75 Å². The van der Waals surface area contributed by atoms with Crippen LogP contribution in [0, 0.1) is 13.8 Å². The number of benzene rings is 1. The van der Waals surface area contributed by atoms with Gasteiger partial charge in [0.2, 0.25) is 5.95 Å². The molecule has 33 heavy (non-hydrogen) atoms. The van der Waals surface area contributed by atoms with Gasteiger partial charge in [-0.25, -0.2) is 4.98 Å². The van der Waals surface area contributed by atoms with Crippen molar-refractivity contribution < 1.29 is 9.26 Å². The Labute approximate surface area is 189 Å². The molecule has 1 aliphatic carbocycles. The molecule has 0 fully saturated rings. The van der Waals surface area contributed by atoms with Gasteiger partial charge < -0.3 is 20.0 Å². The smallest absolute Gasteiger partial charge is 0.222 e. The van der Waals surface area contributed by atoms with Crippen LogP contribution < -0.4 is 10.5 Å². The summed E-state index contributed by atoms with van der Waals surface area (Å²) in [5, 5.41) is 10.8. The standard InChI is InChI=1S/C24H25N7O2/c1-11-21(12(2)33-30-11)15-8-17-14(9-20(15)32-4)22-18(27-24(25)28-23(22)26-17)10-19-13-6-5-7-16(13)29-31(19)3/h8-9H,5-7,10H2,1-4H3,(H3,25,26,27,28). The number of methoxy groups -OCH3 is 1. The van der Waals surface area contributed by atoms with Gasteiger partial charge in [0, 0.05) is 41.0 Å². The third-order valence-electron chi connectivity index (χ3n) is 6.70. The van der Waals surface area contributed by atoms with Crippen molar-refractivity contribution in [2.24, 2.45) is 7.05 Å². The van der Waals surface area contributed by atoms with Crippen LogP contribution in [0.15, 0.2) is 16.7 Å². The number of aromatic amines is 1. The number of hydrogen-bond acceptors (Lipinski definition) is 7. The number of fused-ring (bicyclic) bond motifs is 4. The maximum Gasteiger partial charge on any atom is 0.222 e. The summed E-state index contributed by atoms with van der Waals surface area (Å²) < 4.78 is 13.2. The molecule has 0 aliphatic heterocycles. The molecule has 0 spiro atoms. The molecular formula is C24H25N7O2. The predicted molar refractivity (Wildman–Crippen MR) is 125 cm³/mol. The van der Waals surface area contributed by atoms with Crippen LogP contribution in [0.3, 0.4) is 0 Å². The van der Waals surface area contributed by atoms with E-state index in [1.165, 1.54) is 17.0 Å². The van der Waals surface area contributed by atoms with E-state index in [9.17, 15) is 0 Å². The number of nitrogen functional groups attached to an aromatic ring is 1. The van der Waals surface area contributed by atoms with Crippen LogP contribution in [0.4, 0.5) is 5.95 Å². The zero-order valence-electron chi connectivity index (χ0n) is 19.1. The average molecular weight is 444 g/mol. The number of rotatable bonds is 4. The summed E-state index contributed by atoms with van der Waals surface area (Å²) in [7, 11) is 3.68. The summed E-state index contributed by atoms with van der Waals surface area (Å²) in [6.07, 6.45) is 3.90. The van der Waals surface area contributed by atoms with Gasteiger partial charge in [-0.15, -0.1) is 0 Å². The summed E-state index contributed by atoms with van der Waals surface area (Å²) in [6.45, 7) is 3.83. The van der Waals surface area contributed by atoms with Crippen molar-refractivity contribution >= 4 is 27.9 Å². The predicted octanol–water partition coefficient (Wildman–Crippen LogP) is 3.79. The van der Waals surface area contributed by atoms with Crippen molar-refractivity contribution in [3.63, 3.8) is 0 Å². The lowest BCUT2D eigenvalue weighted by atomic mass is 10.00. The molecule has 1 aromatic carbocycles. The Hall–Kier alpha value is -3.88. The lowest BCUT2D eigenvalue weighted by molar-refractivity contribution is 0.393. The van der Waals surface area contributed by atoms with Crippen molar-refractivity contribution in [1.82, 2.24) is 29.9 Å². The van der Waals surface area contributed by atoms with Gasteiger partial charge in [-0.2, -0.15) is 10.1 Å². The fraction of sp³-hybridized carbons (Fsp3) is 0.333. The van der Waals surface area contributed by atoms with Crippen LogP contribution >= 0.6 is 0 Å². The van der Waals surface area contributed by atoms with Gasteiger partial charge in [-0.3, -0.25) is 4.68 Å². The highest BCUT2D eigenvalue weighted by molar-refractivity contribution is 6.09. The normalized spacial score (nSPS) is 13.3. The number of hydrogen-bond donors (Lipinski definition) is 2. The fourth-order valence-electron chi connectivity index (χ4n) is 5.24. The van der Waals surface area contributed by atoms with Gasteiger partial charge >= 0.3 is 0 Å². The van der Waals surface area contributed by atoms with E-state index >= 15 is 0 Å². The van der Waals surface area contributed by atoms with Gasteiger partial charge in [0.05, 0.1) is 29.8 Å². The molecule has 0 saturated heterocycles. The molecule has 0 radical (unpaired) electrons. The molecule has 1 aliphatic rings. The summed E-state index contributed by atoms with van der Waals surface area (Å²) in [5.74, 6) is 1.74. The van der Waals surface area contributed by atoms with E-state index in [1.807, 2.05) is 31.6 Å². The zero-order chi connectivity index (χ0) is 22.9. The van der Waals surface area contributed by atoms with Crippen LogP contribution in [0.25, 0.3) is 33.1 Å². The van der Waals surface area contributed by atoms with E-state index in [4.69, 9.17) is 20.1 Å². The second kappa shape index (κ2) is 7.06. The molecule has 168 valence electrons. The van der Waals surface area contributed by atoms with Crippen molar-refractivity contribution in [3.8, 4) is 16.9 Å². The molecule has 9 heteroatoms. The molecular weight excluding hydrogens is 418 g/mol. The summed E-state index contributed by atoms with van der Waals surface area (Å²) in [6, 6.07) is 4.09. The van der Waals surface area contributed by atoms with Gasteiger partial charge in [0.15, 0.2) is 0 Å². The number of aromatic nitrogens is 6. The average Bonchev–Trinajstić information content (AvgIpc) is 3.52. The van der Waals surface area contributed by atoms with Crippen LogP contribution in [-0.2, 0) is 26.3 Å². The number of aryl methyl sites for hydroxylation is 4. The molecule has 6 rings (SSSR count). The Morgan fingerprint density at radius 1 is 1.21 bits per heavy atom. The third kappa shape index (κ3) is 2.92. The lowest BCUT2D eigenvalue weighted by Gasteiger charge is -2.10. The molecule has 4 heterocycles. The van der Waals surface area contributed by atoms with E-state index in [2.05, 4.69) is 26.2 Å². The monoisotopic (exact) mass is 443 g/mol. The largest absolute Gasteiger partial charge is 0.496 e. The summed E-state index contributed by atoms with van der Waals surface area (Å²) in [4.78, 5) is 12.6. The Morgan fingerprint density at radius 3 is 2.82 bits per heavy atom. The Kier molecular flexibility index (Phi) is 4.23. The van der Waals surface area contributed by atoms with Crippen LogP contribution in [-0.4, -0.2) is 37.0 Å². The third-order valence-corrected chi connectivity index (χ3v) is 6.70. The minimum atomic E-state index is 0.251. The first kappa shape index (κ1) is 19.8. The van der Waals surface area contributed by atoms with Crippen molar-refractivity contribution in [3.05, 3.63) is 46.2 Å². The quantitative estimate of drug-likeness (QED) is 0.433. The van der Waals surface area contributed by atoms with E-state index in [0.29, 0.717) is 12.1 Å². The molecule has 9 nitrogen and oxygen atoms in total. The highest BCUT2D eigenvalue weighted by Crippen LogP contribution is 2.40. The number of nitrogens with one attached hydrogen (secondary N) is 1. The van der Waals surface area contributed by atoms with Crippen molar-refractivity contribution in [2.75, 3.05) is 12.8 Å². The maximum atomic E-state index is 6.12. The fourth-order valence-corrected chi connectivity index (χ4v) is 5.24. The van der Waals surface area contributed by atoms with Crippen LogP contribution in [0.2, 0.25) is 0 Å². The molecule has 4 aromatic heterocycles. The van der Waals surface area contributed by atoms with Crippen LogP contribution in [0.1, 0.15) is 40.5 Å². The summed E-state index contributed by atoms with van der Waals surface area (Å²) in [5.41, 5.74) is 15.1. The first-order chi connectivity index (χ1) is 15.9. The van der Waals surface area contributed by atoms with Crippen molar-refractivity contribution in [1.29, 1.82) is 0 Å². The maximum absolute atomic E-state index is 6.12. The number of nitrogens with zero attached hydrogens (tertiary/aromatic N) is 5. The molecule has 0 bridgehead atoms. The first-order valence-corrected chi connectivity index (χ1v) is 11.1. The minimum Gasteiger partial charge on any atom is -0.496 e. The molecule has 0 unspecified atom stereocenters. The Bertz CT molecular complexity index is 1540. The second-order valence-corrected chi connectivity index (χ2v) is 8.70. The zero-order valence-corrected chi connectivity index (χ0v) is 19.1. The highest BCUT2D eigenvalue weighted by atomic mass is 16.5. The second-order valence-electron chi connectivity index (χ2n) is 8.70. The summed E-state index contributed by atoms with van der Waals surface area (Å²) >= 11 is 0. The number of anilines is 1. The Morgan fingerprint density at radius 2 is 2.06 bits per heavy atom. The van der Waals surface area contributed by atoms with Gasteiger partial charge in [0.1, 0.15) is 17.2 Å². The molecule has 0 atom stereocenters. The number of ether oxygens (including phenoxy) is 1. The first-order valence-electron chi connectivity index (χ1n) is 11.1. The molecule has 3 N–H and O–H groups in total. The van der Waals surface area contributed by atoms with Crippen molar-refractivity contribution in [2.45, 2.75) is 39.5 Å².